The third-order valence-corrected chi connectivity index (χ3v) is 6.36. The molecule has 1 atom stereocenters. The maximum Gasteiger partial charge on any atom is 0.411 e. The number of ether oxygens (including phenoxy) is 1. The van der Waals surface area contributed by atoms with E-state index in [1.807, 2.05) is 78.9 Å². The minimum atomic E-state index is -1.07. The summed E-state index contributed by atoms with van der Waals surface area (Å²) in [5, 5.41) is 14.2. The van der Waals surface area contributed by atoms with Crippen molar-refractivity contribution in [3.63, 3.8) is 0 Å². The fraction of sp³-hybridized carbons (Fsp3) is 0.138. The molecule has 5 rings (SSSR count). The molecule has 36 heavy (non-hydrogen) atoms. The smallest absolute Gasteiger partial charge is 0.411 e. The van der Waals surface area contributed by atoms with Gasteiger partial charge in [-0.1, -0.05) is 78.9 Å². The Hall–Kier alpha value is -4.65. The Kier molecular flexibility index (Phi) is 6.36. The summed E-state index contributed by atoms with van der Waals surface area (Å²) in [7, 11) is 0. The Morgan fingerprint density at radius 2 is 1.50 bits per heavy atom. The number of anilines is 1. The van der Waals surface area contributed by atoms with Gasteiger partial charge in [0.1, 0.15) is 12.6 Å². The molecular formula is C29H24N2O5. The highest BCUT2D eigenvalue weighted by Gasteiger charge is 2.36. The lowest BCUT2D eigenvalue weighted by Crippen LogP contribution is -2.48. The van der Waals surface area contributed by atoms with Crippen LogP contribution >= 0.6 is 0 Å². The van der Waals surface area contributed by atoms with Crippen LogP contribution < -0.4 is 5.32 Å². The first kappa shape index (κ1) is 23.1. The van der Waals surface area contributed by atoms with Gasteiger partial charge < -0.3 is 14.7 Å². The highest BCUT2D eigenvalue weighted by atomic mass is 16.5. The lowest BCUT2D eigenvalue weighted by atomic mass is 9.93. The van der Waals surface area contributed by atoms with E-state index in [0.29, 0.717) is 0 Å². The van der Waals surface area contributed by atoms with E-state index in [2.05, 4.69) is 5.32 Å². The molecule has 7 heteroatoms. The summed E-state index contributed by atoms with van der Waals surface area (Å²) in [6.07, 6.45) is -0.492. The second-order valence-electron chi connectivity index (χ2n) is 8.69. The Balaban J connectivity index is 1.47. The van der Waals surface area contributed by atoms with Crippen LogP contribution in [-0.2, 0) is 29.1 Å². The second kappa shape index (κ2) is 9.92. The average molecular weight is 481 g/mol. The van der Waals surface area contributed by atoms with Crippen LogP contribution in [0.4, 0.5) is 10.5 Å². The van der Waals surface area contributed by atoms with E-state index in [0.717, 1.165) is 27.5 Å². The molecule has 0 aliphatic carbocycles. The van der Waals surface area contributed by atoms with Gasteiger partial charge in [0.15, 0.2) is 0 Å². The summed E-state index contributed by atoms with van der Waals surface area (Å²) in [6, 6.07) is 26.6. The van der Waals surface area contributed by atoms with Crippen molar-refractivity contribution in [2.24, 2.45) is 0 Å². The summed E-state index contributed by atoms with van der Waals surface area (Å²) < 4.78 is 5.36. The first-order valence-electron chi connectivity index (χ1n) is 11.6. The molecule has 2 amide bonds. The fourth-order valence-corrected chi connectivity index (χ4v) is 4.50. The van der Waals surface area contributed by atoms with Crippen LogP contribution in [0.2, 0.25) is 0 Å². The lowest BCUT2D eigenvalue weighted by Gasteiger charge is -2.35. The van der Waals surface area contributed by atoms with Crippen molar-refractivity contribution in [2.45, 2.75) is 25.6 Å². The molecule has 0 unspecified atom stereocenters. The van der Waals surface area contributed by atoms with Gasteiger partial charge in [-0.25, -0.2) is 9.59 Å². The summed E-state index contributed by atoms with van der Waals surface area (Å²) in [4.78, 5) is 40.0. The van der Waals surface area contributed by atoms with Crippen LogP contribution in [-0.4, -0.2) is 34.0 Å². The van der Waals surface area contributed by atoms with Crippen molar-refractivity contribution >= 4 is 34.4 Å². The fourth-order valence-electron chi connectivity index (χ4n) is 4.50. The van der Waals surface area contributed by atoms with Gasteiger partial charge in [-0.15, -0.1) is 0 Å². The molecule has 0 spiro atoms. The Labute approximate surface area is 207 Å². The number of nitrogens with one attached hydrogen (secondary N) is 1. The minimum absolute atomic E-state index is 0.0769. The highest BCUT2D eigenvalue weighted by molar-refractivity contribution is 6.08. The van der Waals surface area contributed by atoms with E-state index in [1.54, 1.807) is 12.1 Å². The molecule has 1 heterocycles. The van der Waals surface area contributed by atoms with Gasteiger partial charge in [0, 0.05) is 13.0 Å². The maximum atomic E-state index is 13.8. The predicted molar refractivity (Wildman–Crippen MR) is 136 cm³/mol. The van der Waals surface area contributed by atoms with Crippen LogP contribution in [0, 0.1) is 0 Å². The number of fused-ring (bicyclic) bond motifs is 2. The van der Waals surface area contributed by atoms with Crippen LogP contribution in [0.5, 0.6) is 0 Å². The standard InChI is InChI=1S/C29H24N2O5/c32-27(31-17-23-13-7-6-12-22(23)16-26(31)28(33)34)24-14-20-10-4-5-11-21(20)15-25(24)30-29(35)36-18-19-8-2-1-3-9-19/h1-15,26H,16-18H2,(H,30,35)(H,33,34)/t26-/m1/s1. The first-order chi connectivity index (χ1) is 17.5. The van der Waals surface area contributed by atoms with Gasteiger partial charge in [-0.3, -0.25) is 10.1 Å². The van der Waals surface area contributed by atoms with Gasteiger partial charge in [-0.2, -0.15) is 0 Å². The second-order valence-corrected chi connectivity index (χ2v) is 8.69. The normalized spacial score (nSPS) is 14.7. The van der Waals surface area contributed by atoms with Crippen LogP contribution in [0.3, 0.4) is 0 Å². The quantitative estimate of drug-likeness (QED) is 0.407. The number of aliphatic carboxylic acids is 1. The molecule has 0 fully saturated rings. The Morgan fingerprint density at radius 3 is 2.22 bits per heavy atom. The minimum Gasteiger partial charge on any atom is -0.480 e. The number of rotatable bonds is 5. The summed E-state index contributed by atoms with van der Waals surface area (Å²) in [5.74, 6) is -1.54. The molecule has 0 radical (unpaired) electrons. The van der Waals surface area contributed by atoms with E-state index >= 15 is 0 Å². The zero-order valence-corrected chi connectivity index (χ0v) is 19.4. The van der Waals surface area contributed by atoms with Crippen molar-refractivity contribution < 1.29 is 24.2 Å². The number of hydrogen-bond acceptors (Lipinski definition) is 4. The van der Waals surface area contributed by atoms with Crippen LogP contribution in [0.1, 0.15) is 27.0 Å². The highest BCUT2D eigenvalue weighted by Crippen LogP contribution is 2.30. The molecular weight excluding hydrogens is 456 g/mol. The van der Waals surface area contributed by atoms with E-state index < -0.39 is 24.0 Å². The summed E-state index contributed by atoms with van der Waals surface area (Å²) in [5.41, 5.74) is 3.12. The zero-order valence-electron chi connectivity index (χ0n) is 19.4. The van der Waals surface area contributed by atoms with Gasteiger partial charge >= 0.3 is 12.1 Å². The Morgan fingerprint density at radius 1 is 0.861 bits per heavy atom. The molecule has 0 saturated heterocycles. The van der Waals surface area contributed by atoms with E-state index in [1.165, 1.54) is 4.90 Å². The predicted octanol–water partition coefficient (Wildman–Crippen LogP) is 5.24. The average Bonchev–Trinajstić information content (AvgIpc) is 2.91. The number of hydrogen-bond donors (Lipinski definition) is 2. The van der Waals surface area contributed by atoms with E-state index in [4.69, 9.17) is 4.74 Å². The van der Waals surface area contributed by atoms with Crippen LogP contribution in [0.15, 0.2) is 91.0 Å². The number of carboxylic acids is 1. The van der Waals surface area contributed by atoms with E-state index in [9.17, 15) is 19.5 Å². The van der Waals surface area contributed by atoms with Gasteiger partial charge in [0.2, 0.25) is 0 Å². The number of carboxylic acid groups (broad SMARTS) is 1. The monoisotopic (exact) mass is 480 g/mol. The molecule has 0 aromatic heterocycles. The molecule has 4 aromatic rings. The third-order valence-electron chi connectivity index (χ3n) is 6.36. The summed E-state index contributed by atoms with van der Waals surface area (Å²) in [6.45, 7) is 0.240. The number of carbonyl (C=O) groups is 3. The van der Waals surface area contributed by atoms with Gasteiger partial charge in [0.25, 0.3) is 5.91 Å². The lowest BCUT2D eigenvalue weighted by molar-refractivity contribution is -0.142. The maximum absolute atomic E-state index is 13.8. The van der Waals surface area contributed by atoms with Crippen LogP contribution in [0.25, 0.3) is 10.8 Å². The van der Waals surface area contributed by atoms with Gasteiger partial charge in [-0.05, 0) is 39.6 Å². The SMILES string of the molecule is O=C(Nc1cc2ccccc2cc1C(=O)N1Cc2ccccc2C[C@@H]1C(=O)O)OCc1ccccc1. The number of amides is 2. The first-order valence-corrected chi connectivity index (χ1v) is 11.6. The number of benzene rings is 4. The van der Waals surface area contributed by atoms with Crippen molar-refractivity contribution in [1.82, 2.24) is 4.90 Å². The van der Waals surface area contributed by atoms with Crippen molar-refractivity contribution in [1.29, 1.82) is 0 Å². The molecule has 2 N–H and O–H groups in total. The summed E-state index contributed by atoms with van der Waals surface area (Å²) >= 11 is 0. The van der Waals surface area contributed by atoms with E-state index in [-0.39, 0.29) is 30.8 Å². The number of nitrogens with zero attached hydrogens (tertiary/aromatic N) is 1. The third kappa shape index (κ3) is 4.77. The molecule has 1 aliphatic rings. The molecule has 1 aliphatic heterocycles. The Bertz CT molecular complexity index is 1450. The largest absolute Gasteiger partial charge is 0.480 e. The van der Waals surface area contributed by atoms with Crippen molar-refractivity contribution in [3.05, 3.63) is 113 Å². The molecule has 4 aromatic carbocycles. The van der Waals surface area contributed by atoms with Gasteiger partial charge in [0.05, 0.1) is 11.3 Å². The molecule has 0 saturated carbocycles. The van der Waals surface area contributed by atoms with Crippen molar-refractivity contribution in [3.8, 4) is 0 Å². The molecule has 180 valence electrons. The number of carbonyl (C=O) groups excluding carboxylic acids is 2. The van der Waals surface area contributed by atoms with Crippen molar-refractivity contribution in [2.75, 3.05) is 5.32 Å². The zero-order chi connectivity index (χ0) is 25.1. The molecule has 0 bridgehead atoms. The topological polar surface area (TPSA) is 95.9 Å². The molecule has 7 nitrogen and oxygen atoms in total.